The van der Waals surface area contributed by atoms with Gasteiger partial charge >= 0.3 is 11.9 Å². The topological polar surface area (TPSA) is 83.8 Å². The molecule has 0 unspecified atom stereocenters. The largest absolute Gasteiger partial charge is 0.478 e. The number of carbonyl (C=O) groups excluding carboxylic acids is 1. The molecule has 5 atom stereocenters. The Morgan fingerprint density at radius 1 is 1.30 bits per heavy atom. The SMILES string of the molecule is CC(=O)OC[C@@H](CCO)CC[C@@]1(C)[C@H](C)CC[C@@]2(C)C(C(=O)O)=CCC[C@H]12. The van der Waals surface area contributed by atoms with E-state index in [0.717, 1.165) is 38.5 Å². The molecule has 0 bridgehead atoms. The van der Waals surface area contributed by atoms with Gasteiger partial charge in [-0.25, -0.2) is 4.79 Å². The van der Waals surface area contributed by atoms with E-state index in [9.17, 15) is 19.8 Å². The van der Waals surface area contributed by atoms with Crippen LogP contribution in [0.15, 0.2) is 11.6 Å². The van der Waals surface area contributed by atoms with Gasteiger partial charge in [-0.2, -0.15) is 0 Å². The number of carboxylic acids is 1. The molecule has 154 valence electrons. The number of aliphatic carboxylic acids is 1. The molecule has 0 radical (unpaired) electrons. The van der Waals surface area contributed by atoms with Gasteiger partial charge < -0.3 is 14.9 Å². The van der Waals surface area contributed by atoms with Gasteiger partial charge in [0.15, 0.2) is 0 Å². The van der Waals surface area contributed by atoms with E-state index in [4.69, 9.17) is 4.74 Å². The van der Waals surface area contributed by atoms with Crippen molar-refractivity contribution < 1.29 is 24.5 Å². The Hall–Kier alpha value is -1.36. The van der Waals surface area contributed by atoms with E-state index in [1.807, 2.05) is 6.08 Å². The molecule has 0 aromatic carbocycles. The van der Waals surface area contributed by atoms with Crippen molar-refractivity contribution in [3.05, 3.63) is 11.6 Å². The van der Waals surface area contributed by atoms with Crippen LogP contribution in [0.25, 0.3) is 0 Å². The lowest BCUT2D eigenvalue weighted by molar-refractivity contribution is -0.142. The van der Waals surface area contributed by atoms with Gasteiger partial charge in [-0.3, -0.25) is 4.79 Å². The normalized spacial score (nSPS) is 34.3. The molecule has 0 saturated heterocycles. The second-order valence-electron chi connectivity index (χ2n) is 9.14. The van der Waals surface area contributed by atoms with E-state index in [1.54, 1.807) is 0 Å². The van der Waals surface area contributed by atoms with E-state index >= 15 is 0 Å². The quantitative estimate of drug-likeness (QED) is 0.617. The van der Waals surface area contributed by atoms with Crippen LogP contribution in [-0.2, 0) is 14.3 Å². The number of aliphatic hydroxyl groups is 1. The Bertz CT molecular complexity index is 583. The summed E-state index contributed by atoms with van der Waals surface area (Å²) in [6.45, 7) is 8.62. The molecule has 5 nitrogen and oxygen atoms in total. The van der Waals surface area contributed by atoms with E-state index in [-0.39, 0.29) is 29.3 Å². The lowest BCUT2D eigenvalue weighted by Crippen LogP contribution is -2.51. The Labute approximate surface area is 163 Å². The summed E-state index contributed by atoms with van der Waals surface area (Å²) in [6.07, 6.45) is 8.23. The average molecular weight is 381 g/mol. The summed E-state index contributed by atoms with van der Waals surface area (Å²) in [5.74, 6) is -0.0480. The van der Waals surface area contributed by atoms with Crippen molar-refractivity contribution in [2.24, 2.45) is 28.6 Å². The number of hydrogen-bond donors (Lipinski definition) is 2. The molecule has 0 amide bonds. The van der Waals surface area contributed by atoms with Crippen molar-refractivity contribution >= 4 is 11.9 Å². The van der Waals surface area contributed by atoms with Crippen LogP contribution in [0.4, 0.5) is 0 Å². The van der Waals surface area contributed by atoms with Crippen LogP contribution in [0.2, 0.25) is 0 Å². The average Bonchev–Trinajstić information content (AvgIpc) is 2.60. The van der Waals surface area contributed by atoms with Gasteiger partial charge in [0, 0.05) is 24.5 Å². The van der Waals surface area contributed by atoms with E-state index in [2.05, 4.69) is 20.8 Å². The molecule has 27 heavy (non-hydrogen) atoms. The molecule has 0 heterocycles. The molecule has 2 rings (SSSR count). The highest BCUT2D eigenvalue weighted by atomic mass is 16.5. The van der Waals surface area contributed by atoms with Crippen LogP contribution in [-0.4, -0.2) is 35.4 Å². The van der Waals surface area contributed by atoms with Gasteiger partial charge in [-0.15, -0.1) is 0 Å². The number of allylic oxidation sites excluding steroid dienone is 1. The maximum absolute atomic E-state index is 11.9. The first-order valence-corrected chi connectivity index (χ1v) is 10.3. The van der Waals surface area contributed by atoms with Crippen LogP contribution in [0.1, 0.15) is 72.6 Å². The Morgan fingerprint density at radius 2 is 2.00 bits per heavy atom. The fraction of sp³-hybridized carbons (Fsp3) is 0.818. The van der Waals surface area contributed by atoms with Gasteiger partial charge in [0.2, 0.25) is 0 Å². The molecule has 1 saturated carbocycles. The zero-order valence-electron chi connectivity index (χ0n) is 17.3. The zero-order valence-corrected chi connectivity index (χ0v) is 17.3. The molecule has 1 fully saturated rings. The Kier molecular flexibility index (Phi) is 7.12. The fourth-order valence-electron chi connectivity index (χ4n) is 5.69. The third-order valence-electron chi connectivity index (χ3n) is 7.59. The Balaban J connectivity index is 2.18. The molecular formula is C22H36O5. The number of ether oxygens (including phenoxy) is 1. The number of aliphatic hydroxyl groups excluding tert-OH is 1. The van der Waals surface area contributed by atoms with Crippen molar-refractivity contribution in [2.75, 3.05) is 13.2 Å². The van der Waals surface area contributed by atoms with Gasteiger partial charge in [-0.1, -0.05) is 26.8 Å². The molecular weight excluding hydrogens is 344 g/mol. The summed E-state index contributed by atoms with van der Waals surface area (Å²) in [6, 6.07) is 0. The molecule has 2 N–H and O–H groups in total. The lowest BCUT2D eigenvalue weighted by atomic mass is 9.46. The second-order valence-corrected chi connectivity index (χ2v) is 9.14. The van der Waals surface area contributed by atoms with Crippen LogP contribution < -0.4 is 0 Å². The maximum Gasteiger partial charge on any atom is 0.331 e. The number of rotatable bonds is 8. The van der Waals surface area contributed by atoms with Crippen molar-refractivity contribution in [1.82, 2.24) is 0 Å². The van der Waals surface area contributed by atoms with Crippen LogP contribution in [0.5, 0.6) is 0 Å². The monoisotopic (exact) mass is 380 g/mol. The third-order valence-corrected chi connectivity index (χ3v) is 7.59. The smallest absolute Gasteiger partial charge is 0.331 e. The van der Waals surface area contributed by atoms with Crippen LogP contribution in [0, 0.1) is 28.6 Å². The number of hydrogen-bond acceptors (Lipinski definition) is 4. The number of fused-ring (bicyclic) bond motifs is 1. The first-order valence-electron chi connectivity index (χ1n) is 10.3. The molecule has 2 aliphatic carbocycles. The van der Waals surface area contributed by atoms with E-state index in [0.29, 0.717) is 30.4 Å². The van der Waals surface area contributed by atoms with Gasteiger partial charge in [0.05, 0.1) is 6.61 Å². The summed E-state index contributed by atoms with van der Waals surface area (Å²) in [5, 5.41) is 19.1. The summed E-state index contributed by atoms with van der Waals surface area (Å²) in [4.78, 5) is 23.0. The summed E-state index contributed by atoms with van der Waals surface area (Å²) >= 11 is 0. The molecule has 0 aromatic rings. The maximum atomic E-state index is 11.9. The van der Waals surface area contributed by atoms with Gasteiger partial charge in [0.25, 0.3) is 0 Å². The molecule has 2 aliphatic rings. The van der Waals surface area contributed by atoms with Gasteiger partial charge in [0.1, 0.15) is 0 Å². The molecule has 5 heteroatoms. The van der Waals surface area contributed by atoms with Crippen LogP contribution >= 0.6 is 0 Å². The summed E-state index contributed by atoms with van der Waals surface area (Å²) in [7, 11) is 0. The first kappa shape index (κ1) is 21.9. The van der Waals surface area contributed by atoms with Crippen molar-refractivity contribution in [3.8, 4) is 0 Å². The number of esters is 1. The Morgan fingerprint density at radius 3 is 2.59 bits per heavy atom. The highest BCUT2D eigenvalue weighted by Crippen LogP contribution is 2.62. The van der Waals surface area contributed by atoms with E-state index in [1.165, 1.54) is 6.92 Å². The molecule has 0 spiro atoms. The first-order chi connectivity index (χ1) is 12.6. The minimum absolute atomic E-state index is 0.0475. The number of carboxylic acid groups (broad SMARTS) is 1. The molecule has 0 aromatic heterocycles. The van der Waals surface area contributed by atoms with Crippen molar-refractivity contribution in [3.63, 3.8) is 0 Å². The predicted molar refractivity (Wildman–Crippen MR) is 104 cm³/mol. The molecule has 0 aliphatic heterocycles. The highest BCUT2D eigenvalue weighted by Gasteiger charge is 2.55. The van der Waals surface area contributed by atoms with E-state index < -0.39 is 5.97 Å². The number of carbonyl (C=O) groups is 2. The predicted octanol–water partition coefficient (Wildman–Crippen LogP) is 4.19. The minimum Gasteiger partial charge on any atom is -0.478 e. The minimum atomic E-state index is -0.771. The zero-order chi connectivity index (χ0) is 20.2. The highest BCUT2D eigenvalue weighted by molar-refractivity contribution is 5.88. The lowest BCUT2D eigenvalue weighted by Gasteiger charge is -2.57. The summed E-state index contributed by atoms with van der Waals surface area (Å²) < 4.78 is 5.19. The summed E-state index contributed by atoms with van der Waals surface area (Å²) in [5.41, 5.74) is 0.378. The fourth-order valence-corrected chi connectivity index (χ4v) is 5.69. The van der Waals surface area contributed by atoms with Gasteiger partial charge in [-0.05, 0) is 68.1 Å². The second kappa shape index (κ2) is 8.76. The van der Waals surface area contributed by atoms with Crippen molar-refractivity contribution in [1.29, 1.82) is 0 Å². The standard InChI is InChI=1S/C22H36O5/c1-15-8-11-22(4)18(20(25)26)6-5-7-19(22)21(15,3)12-9-17(10-13-23)14-27-16(2)24/h6,15,17,19,23H,5,7-14H2,1-4H3,(H,25,26)/t15-,17-,19-,21+,22+/m1/s1. The van der Waals surface area contributed by atoms with Crippen LogP contribution in [0.3, 0.4) is 0 Å². The van der Waals surface area contributed by atoms with Crippen molar-refractivity contribution in [2.45, 2.75) is 72.6 Å². The third kappa shape index (κ3) is 4.56.